The molecule has 54 heavy (non-hydrogen) atoms. The van der Waals surface area contributed by atoms with Gasteiger partial charge in [0, 0.05) is 34.5 Å². The zero-order valence-corrected chi connectivity index (χ0v) is 30.7. The summed E-state index contributed by atoms with van der Waals surface area (Å²) in [7, 11) is 0. The third kappa shape index (κ3) is 8.46. The van der Waals surface area contributed by atoms with E-state index in [0.29, 0.717) is 6.04 Å². The molecule has 0 radical (unpaired) electrons. The fourth-order valence-electron chi connectivity index (χ4n) is 7.55. The van der Waals surface area contributed by atoms with Crippen LogP contribution in [-0.4, -0.2) is 6.04 Å². The highest BCUT2D eigenvalue weighted by Crippen LogP contribution is 2.38. The van der Waals surface area contributed by atoms with Gasteiger partial charge in [-0.2, -0.15) is 0 Å². The minimum atomic E-state index is 0.507. The van der Waals surface area contributed by atoms with Gasteiger partial charge in [-0.3, -0.25) is 0 Å². The van der Waals surface area contributed by atoms with Crippen molar-refractivity contribution in [2.24, 2.45) is 0 Å². The molecule has 1 aliphatic carbocycles. The molecule has 264 valence electrons. The molecule has 7 aromatic carbocycles. The second-order valence-corrected chi connectivity index (χ2v) is 14.1. The Balaban J connectivity index is 1.02. The third-order valence-electron chi connectivity index (χ3n) is 10.4. The standard InChI is InChI=1S/C52H46N2/c1-5-13-41(14-6-1)21-23-43-25-33-49(34-26-43)53(47-17-9-3-10-18-47)51-37-29-45(30-38-51)46-31-39-52(40-32-46)54(48-19-11-4-12-20-48)50-35-27-44(28-36-50)24-22-42-15-7-2-8-16-42/h1-3,5-10,13-18,21-40,48H,4,11-12,19-20H2/b23-21?,24-22+. The Morgan fingerprint density at radius 2 is 0.648 bits per heavy atom. The Hall–Kier alpha value is -6.38. The first-order valence-corrected chi connectivity index (χ1v) is 19.3. The molecule has 1 saturated carbocycles. The topological polar surface area (TPSA) is 6.48 Å². The Bertz CT molecular complexity index is 2250. The predicted molar refractivity (Wildman–Crippen MR) is 233 cm³/mol. The highest BCUT2D eigenvalue weighted by molar-refractivity contribution is 5.80. The maximum atomic E-state index is 2.58. The number of rotatable bonds is 11. The van der Waals surface area contributed by atoms with Gasteiger partial charge >= 0.3 is 0 Å². The fraction of sp³-hybridized carbons (Fsp3) is 0.115. The van der Waals surface area contributed by atoms with Crippen molar-refractivity contribution in [2.45, 2.75) is 38.1 Å². The molecular weight excluding hydrogens is 653 g/mol. The van der Waals surface area contributed by atoms with Crippen LogP contribution in [0.2, 0.25) is 0 Å². The van der Waals surface area contributed by atoms with Crippen LogP contribution in [0, 0.1) is 0 Å². The highest BCUT2D eigenvalue weighted by Gasteiger charge is 2.23. The first-order chi connectivity index (χ1) is 26.8. The Labute approximate surface area is 321 Å². The molecule has 0 N–H and O–H groups in total. The smallest absolute Gasteiger partial charge is 0.0462 e. The lowest BCUT2D eigenvalue weighted by Gasteiger charge is -2.36. The van der Waals surface area contributed by atoms with Crippen molar-refractivity contribution in [2.75, 3.05) is 9.80 Å². The number of benzene rings is 7. The molecule has 0 amide bonds. The van der Waals surface area contributed by atoms with Crippen LogP contribution in [0.4, 0.5) is 28.4 Å². The van der Waals surface area contributed by atoms with E-state index in [9.17, 15) is 0 Å². The van der Waals surface area contributed by atoms with E-state index in [4.69, 9.17) is 0 Å². The molecule has 0 spiro atoms. The average Bonchev–Trinajstić information content (AvgIpc) is 3.25. The largest absolute Gasteiger partial charge is 0.338 e. The zero-order valence-electron chi connectivity index (χ0n) is 30.7. The maximum Gasteiger partial charge on any atom is 0.0462 e. The van der Waals surface area contributed by atoms with Crippen molar-refractivity contribution >= 4 is 52.7 Å². The quantitative estimate of drug-likeness (QED) is 0.124. The molecule has 0 bridgehead atoms. The van der Waals surface area contributed by atoms with E-state index in [2.05, 4.69) is 216 Å². The molecular formula is C52H46N2. The number of para-hydroxylation sites is 1. The summed E-state index contributed by atoms with van der Waals surface area (Å²) in [4.78, 5) is 4.90. The molecule has 1 fully saturated rings. The van der Waals surface area contributed by atoms with Crippen molar-refractivity contribution in [3.05, 3.63) is 210 Å². The molecule has 2 heteroatoms. The van der Waals surface area contributed by atoms with Gasteiger partial charge in [0.1, 0.15) is 0 Å². The van der Waals surface area contributed by atoms with E-state index in [1.807, 2.05) is 6.07 Å². The monoisotopic (exact) mass is 698 g/mol. The van der Waals surface area contributed by atoms with Crippen LogP contribution >= 0.6 is 0 Å². The molecule has 0 aliphatic heterocycles. The number of hydrogen-bond acceptors (Lipinski definition) is 2. The first-order valence-electron chi connectivity index (χ1n) is 19.3. The normalized spacial score (nSPS) is 13.3. The molecule has 2 nitrogen and oxygen atoms in total. The highest BCUT2D eigenvalue weighted by atomic mass is 15.2. The van der Waals surface area contributed by atoms with Crippen LogP contribution in [0.15, 0.2) is 188 Å². The second kappa shape index (κ2) is 17.0. The van der Waals surface area contributed by atoms with Crippen LogP contribution < -0.4 is 9.80 Å². The van der Waals surface area contributed by atoms with Crippen LogP contribution in [0.25, 0.3) is 35.4 Å². The minimum absolute atomic E-state index is 0.507. The third-order valence-corrected chi connectivity index (χ3v) is 10.4. The van der Waals surface area contributed by atoms with E-state index >= 15 is 0 Å². The number of hydrogen-bond donors (Lipinski definition) is 0. The minimum Gasteiger partial charge on any atom is -0.338 e. The van der Waals surface area contributed by atoms with Gasteiger partial charge in [-0.15, -0.1) is 0 Å². The van der Waals surface area contributed by atoms with Gasteiger partial charge in [-0.25, -0.2) is 0 Å². The first kappa shape index (κ1) is 34.7. The lowest BCUT2D eigenvalue weighted by molar-refractivity contribution is 0.436. The van der Waals surface area contributed by atoms with Crippen molar-refractivity contribution in [1.82, 2.24) is 0 Å². The van der Waals surface area contributed by atoms with Crippen molar-refractivity contribution in [1.29, 1.82) is 0 Å². The summed E-state index contributed by atoms with van der Waals surface area (Å²) in [5, 5.41) is 0. The van der Waals surface area contributed by atoms with Gasteiger partial charge in [-0.05, 0) is 107 Å². The maximum absolute atomic E-state index is 2.58. The lowest BCUT2D eigenvalue weighted by Crippen LogP contribution is -2.32. The van der Waals surface area contributed by atoms with Crippen LogP contribution in [0.3, 0.4) is 0 Å². The van der Waals surface area contributed by atoms with E-state index < -0.39 is 0 Å². The molecule has 0 unspecified atom stereocenters. The summed E-state index contributed by atoms with van der Waals surface area (Å²) >= 11 is 0. The number of nitrogens with zero attached hydrogens (tertiary/aromatic N) is 2. The van der Waals surface area contributed by atoms with Gasteiger partial charge in [-0.1, -0.05) is 171 Å². The van der Waals surface area contributed by atoms with Crippen LogP contribution in [0.5, 0.6) is 0 Å². The summed E-state index contributed by atoms with van der Waals surface area (Å²) in [6, 6.07) is 68.1. The van der Waals surface area contributed by atoms with E-state index in [1.54, 1.807) is 0 Å². The molecule has 0 saturated heterocycles. The van der Waals surface area contributed by atoms with Gasteiger partial charge < -0.3 is 9.80 Å². The fourth-order valence-corrected chi connectivity index (χ4v) is 7.55. The average molecular weight is 699 g/mol. The molecule has 7 aromatic rings. The molecule has 0 aromatic heterocycles. The Kier molecular flexibility index (Phi) is 10.9. The molecule has 1 aliphatic rings. The van der Waals surface area contributed by atoms with E-state index in [-0.39, 0.29) is 0 Å². The van der Waals surface area contributed by atoms with Crippen LogP contribution in [-0.2, 0) is 0 Å². The van der Waals surface area contributed by atoms with Crippen molar-refractivity contribution in [3.63, 3.8) is 0 Å². The van der Waals surface area contributed by atoms with Crippen molar-refractivity contribution < 1.29 is 0 Å². The lowest BCUT2D eigenvalue weighted by atomic mass is 9.93. The van der Waals surface area contributed by atoms with Gasteiger partial charge in [0.15, 0.2) is 0 Å². The predicted octanol–water partition coefficient (Wildman–Crippen LogP) is 14.6. The number of anilines is 5. The van der Waals surface area contributed by atoms with Gasteiger partial charge in [0.2, 0.25) is 0 Å². The second-order valence-electron chi connectivity index (χ2n) is 14.1. The zero-order chi connectivity index (χ0) is 36.4. The summed E-state index contributed by atoms with van der Waals surface area (Å²) in [6.45, 7) is 0. The summed E-state index contributed by atoms with van der Waals surface area (Å²) in [5.41, 5.74) is 13.1. The molecule has 0 heterocycles. The summed E-state index contributed by atoms with van der Waals surface area (Å²) < 4.78 is 0. The van der Waals surface area contributed by atoms with Gasteiger partial charge in [0.05, 0.1) is 0 Å². The summed E-state index contributed by atoms with van der Waals surface area (Å²) in [5.74, 6) is 0. The Morgan fingerprint density at radius 1 is 0.315 bits per heavy atom. The Morgan fingerprint density at radius 3 is 1.09 bits per heavy atom. The van der Waals surface area contributed by atoms with Gasteiger partial charge in [0.25, 0.3) is 0 Å². The van der Waals surface area contributed by atoms with E-state index in [0.717, 1.165) is 17.1 Å². The van der Waals surface area contributed by atoms with Crippen molar-refractivity contribution in [3.8, 4) is 11.1 Å². The SMILES string of the molecule is C(=Cc1ccc(N(c2ccccc2)c2ccc(-c3ccc(N(c4ccc(/C=C/c5ccccc5)cc4)C4CCCCC4)cc3)cc2)cc1)c1ccccc1. The summed E-state index contributed by atoms with van der Waals surface area (Å²) in [6.07, 6.45) is 15.1. The van der Waals surface area contributed by atoms with Crippen LogP contribution in [0.1, 0.15) is 54.4 Å². The molecule has 8 rings (SSSR count). The van der Waals surface area contributed by atoms with E-state index in [1.165, 1.54) is 76.9 Å². The molecule has 0 atom stereocenters.